The molecule has 0 saturated carbocycles. The molecular weight excluding hydrogens is 248 g/mol. The fourth-order valence-corrected chi connectivity index (χ4v) is 1.55. The van der Waals surface area contributed by atoms with Crippen molar-refractivity contribution in [1.29, 1.82) is 0 Å². The standard InChI is InChI=1S/C13H12N2O4/c1-9(16)12-3-2-8-14-13(12)19-11-6-4-10(5-7-11)15(17)18/h2-9,16H,1H3. The molecule has 1 heterocycles. The summed E-state index contributed by atoms with van der Waals surface area (Å²) < 4.78 is 5.51. The summed E-state index contributed by atoms with van der Waals surface area (Å²) in [5.74, 6) is 0.706. The van der Waals surface area contributed by atoms with Gasteiger partial charge in [-0.1, -0.05) is 0 Å². The zero-order valence-electron chi connectivity index (χ0n) is 10.2. The minimum atomic E-state index is -0.707. The Morgan fingerprint density at radius 3 is 2.58 bits per heavy atom. The Balaban J connectivity index is 2.24. The van der Waals surface area contributed by atoms with Gasteiger partial charge in [0.15, 0.2) is 0 Å². The van der Waals surface area contributed by atoms with Gasteiger partial charge >= 0.3 is 0 Å². The van der Waals surface area contributed by atoms with Gasteiger partial charge in [-0.2, -0.15) is 0 Å². The van der Waals surface area contributed by atoms with Gasteiger partial charge in [0, 0.05) is 23.9 Å². The summed E-state index contributed by atoms with van der Waals surface area (Å²) in [7, 11) is 0. The van der Waals surface area contributed by atoms with E-state index in [1.165, 1.54) is 24.3 Å². The van der Waals surface area contributed by atoms with Crippen LogP contribution in [-0.2, 0) is 0 Å². The van der Waals surface area contributed by atoms with Crippen molar-refractivity contribution in [3.8, 4) is 11.6 Å². The minimum Gasteiger partial charge on any atom is -0.439 e. The lowest BCUT2D eigenvalue weighted by atomic mass is 10.2. The maximum Gasteiger partial charge on any atom is 0.269 e. The second-order valence-corrected chi connectivity index (χ2v) is 3.93. The van der Waals surface area contributed by atoms with Crippen molar-refractivity contribution in [3.05, 3.63) is 58.3 Å². The Labute approximate surface area is 109 Å². The Bertz CT molecular complexity index is 581. The summed E-state index contributed by atoms with van der Waals surface area (Å²) in [5, 5.41) is 20.1. The maximum atomic E-state index is 10.5. The van der Waals surface area contributed by atoms with E-state index in [-0.39, 0.29) is 11.6 Å². The van der Waals surface area contributed by atoms with Gasteiger partial charge in [0.1, 0.15) is 5.75 Å². The fourth-order valence-electron chi connectivity index (χ4n) is 1.55. The Kier molecular flexibility index (Phi) is 3.72. The van der Waals surface area contributed by atoms with E-state index in [4.69, 9.17) is 4.74 Å². The molecule has 2 aromatic rings. The number of nitro benzene ring substituents is 1. The first-order valence-electron chi connectivity index (χ1n) is 5.63. The third kappa shape index (κ3) is 3.05. The number of hydrogen-bond acceptors (Lipinski definition) is 5. The van der Waals surface area contributed by atoms with Crippen LogP contribution in [0.2, 0.25) is 0 Å². The van der Waals surface area contributed by atoms with Crippen LogP contribution in [0.25, 0.3) is 0 Å². The predicted molar refractivity (Wildman–Crippen MR) is 68.0 cm³/mol. The zero-order chi connectivity index (χ0) is 13.8. The lowest BCUT2D eigenvalue weighted by Gasteiger charge is -2.11. The molecule has 0 spiro atoms. The van der Waals surface area contributed by atoms with Crippen molar-refractivity contribution in [2.24, 2.45) is 0 Å². The molecule has 0 fully saturated rings. The lowest BCUT2D eigenvalue weighted by Crippen LogP contribution is -1.98. The Morgan fingerprint density at radius 1 is 1.32 bits per heavy atom. The number of non-ortho nitro benzene ring substituents is 1. The number of aromatic nitrogens is 1. The van der Waals surface area contributed by atoms with Crippen molar-refractivity contribution in [3.63, 3.8) is 0 Å². The van der Waals surface area contributed by atoms with Gasteiger partial charge in [-0.3, -0.25) is 10.1 Å². The summed E-state index contributed by atoms with van der Waals surface area (Å²) in [4.78, 5) is 14.1. The SMILES string of the molecule is CC(O)c1cccnc1Oc1ccc([N+](=O)[O-])cc1. The summed E-state index contributed by atoms with van der Waals surface area (Å²) in [6.07, 6.45) is 0.842. The molecule has 0 aliphatic rings. The first-order valence-corrected chi connectivity index (χ1v) is 5.63. The number of pyridine rings is 1. The highest BCUT2D eigenvalue weighted by atomic mass is 16.6. The van der Waals surface area contributed by atoms with E-state index in [1.807, 2.05) is 0 Å². The van der Waals surface area contributed by atoms with E-state index in [1.54, 1.807) is 25.3 Å². The quantitative estimate of drug-likeness (QED) is 0.674. The molecule has 1 aromatic heterocycles. The third-order valence-corrected chi connectivity index (χ3v) is 2.51. The van der Waals surface area contributed by atoms with Gasteiger partial charge in [-0.05, 0) is 31.2 Å². The van der Waals surface area contributed by atoms with Crippen LogP contribution in [0.4, 0.5) is 5.69 Å². The average Bonchev–Trinajstić information content (AvgIpc) is 2.39. The average molecular weight is 260 g/mol. The smallest absolute Gasteiger partial charge is 0.269 e. The third-order valence-electron chi connectivity index (χ3n) is 2.51. The van der Waals surface area contributed by atoms with E-state index < -0.39 is 11.0 Å². The summed E-state index contributed by atoms with van der Waals surface area (Å²) in [6.45, 7) is 1.61. The highest BCUT2D eigenvalue weighted by Crippen LogP contribution is 2.28. The van der Waals surface area contributed by atoms with E-state index in [9.17, 15) is 15.2 Å². The number of rotatable bonds is 4. The first-order chi connectivity index (χ1) is 9.08. The van der Waals surface area contributed by atoms with Crippen LogP contribution in [0.15, 0.2) is 42.6 Å². The largest absolute Gasteiger partial charge is 0.439 e. The van der Waals surface area contributed by atoms with Crippen molar-refractivity contribution in [2.75, 3.05) is 0 Å². The first kappa shape index (κ1) is 13.0. The van der Waals surface area contributed by atoms with Gasteiger partial charge in [-0.15, -0.1) is 0 Å². The summed E-state index contributed by atoms with van der Waals surface area (Å²) >= 11 is 0. The summed E-state index contributed by atoms with van der Waals surface area (Å²) in [5.41, 5.74) is 0.546. The monoisotopic (exact) mass is 260 g/mol. The highest BCUT2D eigenvalue weighted by Gasteiger charge is 2.11. The van der Waals surface area contributed by atoms with Gasteiger partial charge in [0.25, 0.3) is 5.69 Å². The zero-order valence-corrected chi connectivity index (χ0v) is 10.2. The number of ether oxygens (including phenoxy) is 1. The normalized spacial score (nSPS) is 11.9. The van der Waals surface area contributed by atoms with Crippen LogP contribution in [-0.4, -0.2) is 15.0 Å². The lowest BCUT2D eigenvalue weighted by molar-refractivity contribution is -0.384. The van der Waals surface area contributed by atoms with Crippen molar-refractivity contribution in [2.45, 2.75) is 13.0 Å². The van der Waals surface area contributed by atoms with Gasteiger partial charge in [0.05, 0.1) is 11.0 Å². The van der Waals surface area contributed by atoms with Crippen molar-refractivity contribution < 1.29 is 14.8 Å². The number of aliphatic hydroxyl groups is 1. The molecule has 2 rings (SSSR count). The molecule has 6 nitrogen and oxygen atoms in total. The van der Waals surface area contributed by atoms with Crippen LogP contribution >= 0.6 is 0 Å². The van der Waals surface area contributed by atoms with Gasteiger partial charge < -0.3 is 9.84 Å². The molecule has 19 heavy (non-hydrogen) atoms. The molecule has 0 aliphatic heterocycles. The van der Waals surface area contributed by atoms with Crippen LogP contribution in [0.1, 0.15) is 18.6 Å². The molecular formula is C13H12N2O4. The molecule has 0 radical (unpaired) electrons. The number of nitro groups is 1. The van der Waals surface area contributed by atoms with E-state index >= 15 is 0 Å². The molecule has 0 bridgehead atoms. The van der Waals surface area contributed by atoms with Crippen LogP contribution < -0.4 is 4.74 Å². The maximum absolute atomic E-state index is 10.5. The summed E-state index contributed by atoms with van der Waals surface area (Å²) in [6, 6.07) is 9.07. The molecule has 1 aromatic carbocycles. The second kappa shape index (κ2) is 5.45. The molecule has 0 saturated heterocycles. The molecule has 1 atom stereocenters. The van der Waals surface area contributed by atoms with Crippen molar-refractivity contribution in [1.82, 2.24) is 4.98 Å². The van der Waals surface area contributed by atoms with Crippen LogP contribution in [0, 0.1) is 10.1 Å². The van der Waals surface area contributed by atoms with Gasteiger partial charge in [0.2, 0.25) is 5.88 Å². The topological polar surface area (TPSA) is 85.5 Å². The van der Waals surface area contributed by atoms with E-state index in [0.29, 0.717) is 11.3 Å². The predicted octanol–water partition coefficient (Wildman–Crippen LogP) is 2.84. The van der Waals surface area contributed by atoms with E-state index in [2.05, 4.69) is 4.98 Å². The Hall–Kier alpha value is -2.47. The molecule has 98 valence electrons. The highest BCUT2D eigenvalue weighted by molar-refractivity contribution is 5.39. The molecule has 6 heteroatoms. The minimum absolute atomic E-state index is 0.0101. The number of benzene rings is 1. The van der Waals surface area contributed by atoms with Crippen LogP contribution in [0.3, 0.4) is 0 Å². The van der Waals surface area contributed by atoms with E-state index in [0.717, 1.165) is 0 Å². The molecule has 0 amide bonds. The fraction of sp³-hybridized carbons (Fsp3) is 0.154. The van der Waals surface area contributed by atoms with Crippen molar-refractivity contribution >= 4 is 5.69 Å². The number of hydrogen-bond donors (Lipinski definition) is 1. The number of nitrogens with zero attached hydrogens (tertiary/aromatic N) is 2. The molecule has 0 aliphatic carbocycles. The van der Waals surface area contributed by atoms with Gasteiger partial charge in [-0.25, -0.2) is 4.98 Å². The molecule has 1 unspecified atom stereocenters. The molecule has 1 N–H and O–H groups in total. The number of aliphatic hydroxyl groups excluding tert-OH is 1. The Morgan fingerprint density at radius 2 is 2.00 bits per heavy atom. The van der Waals surface area contributed by atoms with Crippen LogP contribution in [0.5, 0.6) is 11.6 Å². The second-order valence-electron chi connectivity index (χ2n) is 3.93.